The van der Waals surface area contributed by atoms with Crippen molar-refractivity contribution in [3.63, 3.8) is 0 Å². The molecule has 6 heteroatoms. The van der Waals surface area contributed by atoms with Crippen molar-refractivity contribution in [2.45, 2.75) is 26.3 Å². The van der Waals surface area contributed by atoms with E-state index in [1.807, 2.05) is 0 Å². The zero-order valence-corrected chi connectivity index (χ0v) is 12.1. The lowest BCUT2D eigenvalue weighted by Gasteiger charge is -2.21. The van der Waals surface area contributed by atoms with E-state index in [9.17, 15) is 19.6 Å². The lowest BCUT2D eigenvalue weighted by atomic mass is 10.1. The molecule has 0 radical (unpaired) electrons. The number of carboxylic acid groups (broad SMARTS) is 1. The van der Waals surface area contributed by atoms with Gasteiger partial charge in [0, 0.05) is 12.3 Å². The number of aliphatic carboxylic acids is 1. The smallest absolute Gasteiger partial charge is 0.321 e. The largest absolute Gasteiger partial charge is 0.508 e. The van der Waals surface area contributed by atoms with Crippen molar-refractivity contribution < 1.29 is 19.6 Å². The van der Waals surface area contributed by atoms with Crippen LogP contribution in [0.1, 0.15) is 19.4 Å². The van der Waals surface area contributed by atoms with Crippen LogP contribution in [0.3, 0.4) is 0 Å². The molecule has 1 unspecified atom stereocenters. The Balaban J connectivity index is 2.82. The van der Waals surface area contributed by atoms with Crippen LogP contribution in [0.5, 0.6) is 5.75 Å². The molecule has 1 rings (SSSR count). The number of aromatic hydroxyl groups is 1. The van der Waals surface area contributed by atoms with Crippen LogP contribution in [0.2, 0.25) is 0 Å². The molecule has 0 aliphatic carbocycles. The van der Waals surface area contributed by atoms with E-state index in [1.165, 1.54) is 12.1 Å². The van der Waals surface area contributed by atoms with Gasteiger partial charge < -0.3 is 14.8 Å². The molecule has 0 saturated carbocycles. The van der Waals surface area contributed by atoms with Crippen LogP contribution in [0.25, 0.3) is 0 Å². The van der Waals surface area contributed by atoms with Crippen molar-refractivity contribution in [1.29, 1.82) is 0 Å². The standard InChI is InChI=1S/C13H20NO4P/c1-3-19(18,4-2)14-12(13(16)17)9-10-5-7-11(15)8-6-10/h5-8,12,15H,3-4,9H2,1-2H3,(H,14,18)(H,16,17). The van der Waals surface area contributed by atoms with Gasteiger partial charge in [-0.05, 0) is 24.1 Å². The molecule has 1 aromatic carbocycles. The van der Waals surface area contributed by atoms with E-state index in [2.05, 4.69) is 5.09 Å². The summed E-state index contributed by atoms with van der Waals surface area (Å²) in [4.78, 5) is 11.2. The van der Waals surface area contributed by atoms with Gasteiger partial charge in [-0.2, -0.15) is 0 Å². The summed E-state index contributed by atoms with van der Waals surface area (Å²) in [5.74, 6) is -0.883. The van der Waals surface area contributed by atoms with Gasteiger partial charge in [-0.25, -0.2) is 0 Å². The van der Waals surface area contributed by atoms with E-state index in [4.69, 9.17) is 0 Å². The van der Waals surface area contributed by atoms with Crippen molar-refractivity contribution in [3.8, 4) is 5.75 Å². The molecule has 1 atom stereocenters. The maximum Gasteiger partial charge on any atom is 0.321 e. The van der Waals surface area contributed by atoms with Gasteiger partial charge in [-0.15, -0.1) is 0 Å². The average Bonchev–Trinajstić information content (AvgIpc) is 2.40. The number of benzene rings is 1. The Kier molecular flexibility index (Phi) is 5.58. The highest BCUT2D eigenvalue weighted by Crippen LogP contribution is 2.40. The normalized spacial score (nSPS) is 13.2. The predicted molar refractivity (Wildman–Crippen MR) is 75.1 cm³/mol. The van der Waals surface area contributed by atoms with Crippen molar-refractivity contribution >= 4 is 13.3 Å². The van der Waals surface area contributed by atoms with Gasteiger partial charge in [0.05, 0.1) is 0 Å². The minimum Gasteiger partial charge on any atom is -0.508 e. The Hall–Kier alpha value is -1.32. The maximum atomic E-state index is 12.3. The summed E-state index contributed by atoms with van der Waals surface area (Å²) in [6, 6.07) is 5.46. The summed E-state index contributed by atoms with van der Waals surface area (Å²) in [6.07, 6.45) is 1.10. The summed E-state index contributed by atoms with van der Waals surface area (Å²) >= 11 is 0. The van der Waals surface area contributed by atoms with E-state index < -0.39 is 19.3 Å². The fraction of sp³-hybridized carbons (Fsp3) is 0.462. The van der Waals surface area contributed by atoms with Crippen molar-refractivity contribution in [1.82, 2.24) is 5.09 Å². The molecular weight excluding hydrogens is 265 g/mol. The first-order valence-corrected chi connectivity index (χ1v) is 8.34. The number of nitrogens with one attached hydrogen (secondary N) is 1. The number of phenols is 1. The molecular formula is C13H20NO4P. The highest BCUT2D eigenvalue weighted by molar-refractivity contribution is 7.61. The Morgan fingerprint density at radius 2 is 1.79 bits per heavy atom. The first-order chi connectivity index (χ1) is 8.90. The van der Waals surface area contributed by atoms with E-state index in [1.54, 1.807) is 26.0 Å². The molecule has 5 nitrogen and oxygen atoms in total. The predicted octanol–water partition coefficient (Wildman–Crippen LogP) is 2.30. The Morgan fingerprint density at radius 1 is 1.26 bits per heavy atom. The number of rotatable bonds is 7. The van der Waals surface area contributed by atoms with Crippen LogP contribution < -0.4 is 5.09 Å². The summed E-state index contributed by atoms with van der Waals surface area (Å²) < 4.78 is 12.3. The zero-order chi connectivity index (χ0) is 14.5. The fourth-order valence-electron chi connectivity index (χ4n) is 1.75. The van der Waals surface area contributed by atoms with E-state index in [-0.39, 0.29) is 12.2 Å². The topological polar surface area (TPSA) is 86.6 Å². The van der Waals surface area contributed by atoms with Crippen LogP contribution in [0.4, 0.5) is 0 Å². The number of hydrogen-bond donors (Lipinski definition) is 3. The van der Waals surface area contributed by atoms with Gasteiger partial charge in [0.15, 0.2) is 0 Å². The van der Waals surface area contributed by atoms with Crippen LogP contribution in [-0.2, 0) is 15.8 Å². The van der Waals surface area contributed by atoms with Gasteiger partial charge in [0.1, 0.15) is 19.1 Å². The molecule has 106 valence electrons. The number of carboxylic acids is 1. The fourth-order valence-corrected chi connectivity index (χ4v) is 3.33. The Bertz CT molecular complexity index is 464. The minimum absolute atomic E-state index is 0.136. The second kappa shape index (κ2) is 6.73. The second-order valence-corrected chi connectivity index (χ2v) is 7.71. The molecule has 0 bridgehead atoms. The number of phenolic OH excluding ortho intramolecular Hbond substituents is 1. The molecule has 1 aromatic rings. The summed E-state index contributed by atoms with van der Waals surface area (Å²) in [7, 11) is -2.62. The third-order valence-electron chi connectivity index (χ3n) is 3.09. The average molecular weight is 285 g/mol. The summed E-state index contributed by atoms with van der Waals surface area (Å²) in [6.45, 7) is 3.58. The Morgan fingerprint density at radius 3 is 2.21 bits per heavy atom. The molecule has 3 N–H and O–H groups in total. The van der Waals surface area contributed by atoms with E-state index in [0.29, 0.717) is 12.3 Å². The highest BCUT2D eigenvalue weighted by Gasteiger charge is 2.26. The zero-order valence-electron chi connectivity index (χ0n) is 11.2. The van der Waals surface area contributed by atoms with E-state index in [0.717, 1.165) is 5.56 Å². The number of carbonyl (C=O) groups is 1. The molecule has 0 spiro atoms. The molecule has 0 amide bonds. The lowest BCUT2D eigenvalue weighted by molar-refractivity contribution is -0.138. The van der Waals surface area contributed by atoms with Crippen molar-refractivity contribution in [2.24, 2.45) is 0 Å². The van der Waals surface area contributed by atoms with Gasteiger partial charge in [0.25, 0.3) is 0 Å². The van der Waals surface area contributed by atoms with Crippen molar-refractivity contribution in [3.05, 3.63) is 29.8 Å². The third-order valence-corrected chi connectivity index (χ3v) is 5.91. The Labute approximate surface area is 113 Å². The van der Waals surface area contributed by atoms with Gasteiger partial charge in [-0.1, -0.05) is 26.0 Å². The van der Waals surface area contributed by atoms with Gasteiger partial charge >= 0.3 is 5.97 Å². The van der Waals surface area contributed by atoms with E-state index >= 15 is 0 Å². The molecule has 0 aliphatic rings. The second-order valence-electron chi connectivity index (χ2n) is 4.41. The van der Waals surface area contributed by atoms with Gasteiger partial charge in [-0.3, -0.25) is 9.88 Å². The highest BCUT2D eigenvalue weighted by atomic mass is 31.2. The van der Waals surface area contributed by atoms with Crippen LogP contribution >= 0.6 is 7.29 Å². The summed E-state index contributed by atoms with van der Waals surface area (Å²) in [5.41, 5.74) is 0.774. The quantitative estimate of drug-likeness (QED) is 0.669. The first-order valence-electron chi connectivity index (χ1n) is 6.26. The molecule has 19 heavy (non-hydrogen) atoms. The molecule has 0 fully saturated rings. The first kappa shape index (κ1) is 15.7. The van der Waals surface area contributed by atoms with Gasteiger partial charge in [0.2, 0.25) is 0 Å². The lowest BCUT2D eigenvalue weighted by Crippen LogP contribution is -2.37. The SMILES string of the molecule is CCP(=O)(CC)NC(Cc1ccc(O)cc1)C(=O)O. The van der Waals surface area contributed by atoms with Crippen LogP contribution in [0.15, 0.2) is 24.3 Å². The maximum absolute atomic E-state index is 12.3. The molecule has 0 saturated heterocycles. The molecule has 0 aromatic heterocycles. The molecule has 0 heterocycles. The number of hydrogen-bond acceptors (Lipinski definition) is 3. The van der Waals surface area contributed by atoms with Crippen molar-refractivity contribution in [2.75, 3.05) is 12.3 Å². The third kappa shape index (κ3) is 4.69. The minimum atomic E-state index is -2.62. The van der Waals surface area contributed by atoms with Crippen LogP contribution in [0, 0.1) is 0 Å². The summed E-state index contributed by atoms with van der Waals surface area (Å²) in [5, 5.41) is 21.2. The monoisotopic (exact) mass is 285 g/mol. The molecule has 0 aliphatic heterocycles. The van der Waals surface area contributed by atoms with Crippen LogP contribution in [-0.4, -0.2) is 34.5 Å².